The average Bonchev–Trinajstić information content (AvgIpc) is 2.74. The van der Waals surface area contributed by atoms with Crippen LogP contribution >= 0.6 is 22.6 Å². The number of rotatable bonds is 9. The Morgan fingerprint density at radius 3 is 2.61 bits per heavy atom. The van der Waals surface area contributed by atoms with Gasteiger partial charge in [-0.05, 0) is 89.9 Å². The molecule has 0 spiro atoms. The molecule has 0 aliphatic carbocycles. The second-order valence-corrected chi connectivity index (χ2v) is 8.42. The first-order valence-corrected chi connectivity index (χ1v) is 11.1. The van der Waals surface area contributed by atoms with Crippen LogP contribution in [0.3, 0.4) is 0 Å². The van der Waals surface area contributed by atoms with Crippen molar-refractivity contribution in [2.24, 2.45) is 4.99 Å². The molecule has 0 radical (unpaired) electrons. The van der Waals surface area contributed by atoms with E-state index >= 15 is 0 Å². The molecule has 160 valence electrons. The number of benzene rings is 2. The second-order valence-electron chi connectivity index (χ2n) is 7.03. The number of nitrogens with zero attached hydrogens (tertiary/aromatic N) is 1. The van der Waals surface area contributed by atoms with Crippen molar-refractivity contribution < 1.29 is 9.53 Å². The fraction of sp³-hybridized carbons (Fsp3) is 0.185. The van der Waals surface area contributed by atoms with Crippen molar-refractivity contribution in [3.63, 3.8) is 0 Å². The number of halogens is 1. The number of hydrogen-bond acceptors (Lipinski definition) is 3. The Morgan fingerprint density at radius 2 is 1.94 bits per heavy atom. The maximum absolute atomic E-state index is 12.3. The van der Waals surface area contributed by atoms with Gasteiger partial charge in [0, 0.05) is 28.0 Å². The van der Waals surface area contributed by atoms with E-state index in [0.29, 0.717) is 5.56 Å². The van der Waals surface area contributed by atoms with Crippen molar-refractivity contribution in [2.75, 3.05) is 13.7 Å². The molecule has 2 aromatic carbocycles. The third kappa shape index (κ3) is 7.26. The topological polar surface area (TPSA) is 38.7 Å². The zero-order valence-corrected chi connectivity index (χ0v) is 20.6. The summed E-state index contributed by atoms with van der Waals surface area (Å²) in [4.78, 5) is 16.9. The van der Waals surface area contributed by atoms with Gasteiger partial charge in [-0.25, -0.2) is 0 Å². The van der Waals surface area contributed by atoms with Crippen molar-refractivity contribution in [1.29, 1.82) is 0 Å². The third-order valence-corrected chi connectivity index (χ3v) is 5.12. The lowest BCUT2D eigenvalue weighted by atomic mass is 9.93. The summed E-state index contributed by atoms with van der Waals surface area (Å²) < 4.78 is 5.94. The highest BCUT2D eigenvalue weighted by Crippen LogP contribution is 2.31. The monoisotopic (exact) mass is 525 g/mol. The van der Waals surface area contributed by atoms with E-state index in [4.69, 9.17) is 4.74 Å². The highest BCUT2D eigenvalue weighted by atomic mass is 127. The zero-order valence-electron chi connectivity index (χ0n) is 18.5. The minimum Gasteiger partial charge on any atom is -0.377 e. The standard InChI is InChI=1S/C27H28INO2/c1-6-29-26(15-8-11-20(3)28)25(24-14-7-10-19(2)21(24)4)17-22-12-9-13-23(16-22)27(30)18-31-5/h6-17H,3,18H2,1-2,4-5H3/b11-8+,25-17-,26-15-,29-6?. The van der Waals surface area contributed by atoms with Gasteiger partial charge in [-0.2, -0.15) is 0 Å². The molecule has 0 aliphatic heterocycles. The van der Waals surface area contributed by atoms with Gasteiger partial charge in [0.2, 0.25) is 0 Å². The highest BCUT2D eigenvalue weighted by Gasteiger charge is 2.12. The van der Waals surface area contributed by atoms with Crippen LogP contribution in [-0.4, -0.2) is 25.7 Å². The molecule has 0 fully saturated rings. The Morgan fingerprint density at radius 1 is 1.19 bits per heavy atom. The molecule has 0 bridgehead atoms. The third-order valence-electron chi connectivity index (χ3n) is 4.77. The van der Waals surface area contributed by atoms with Crippen molar-refractivity contribution >= 4 is 46.2 Å². The van der Waals surface area contributed by atoms with Gasteiger partial charge in [0.15, 0.2) is 5.78 Å². The lowest BCUT2D eigenvalue weighted by Gasteiger charge is -2.14. The maximum Gasteiger partial charge on any atom is 0.188 e. The Hall–Kier alpha value is -2.57. The minimum atomic E-state index is -0.0446. The van der Waals surface area contributed by atoms with E-state index in [-0.39, 0.29) is 12.4 Å². The quantitative estimate of drug-likeness (QED) is 0.115. The molecular weight excluding hydrogens is 497 g/mol. The molecule has 0 saturated carbocycles. The van der Waals surface area contributed by atoms with Gasteiger partial charge < -0.3 is 4.74 Å². The SMILES string of the molecule is C=C(I)/C=C/C=C(N=CC)/C(=C\c1cccc(C(=O)COC)c1)c1cccc(C)c1C. The van der Waals surface area contributed by atoms with Crippen molar-refractivity contribution in [1.82, 2.24) is 0 Å². The van der Waals surface area contributed by atoms with E-state index in [0.717, 1.165) is 26.0 Å². The minimum absolute atomic E-state index is 0.0446. The summed E-state index contributed by atoms with van der Waals surface area (Å²) in [7, 11) is 1.53. The zero-order chi connectivity index (χ0) is 22.8. The summed E-state index contributed by atoms with van der Waals surface area (Å²) in [5.41, 5.74) is 6.88. The number of allylic oxidation sites excluding steroid dienone is 5. The summed E-state index contributed by atoms with van der Waals surface area (Å²) in [6.45, 7) is 10.1. The van der Waals surface area contributed by atoms with Gasteiger partial charge in [-0.3, -0.25) is 9.79 Å². The predicted molar refractivity (Wildman–Crippen MR) is 141 cm³/mol. The Kier molecular flexibility index (Phi) is 9.82. The molecule has 4 heteroatoms. The number of ether oxygens (including phenoxy) is 1. The fourth-order valence-electron chi connectivity index (χ4n) is 3.10. The Balaban J connectivity index is 2.70. The number of hydrogen-bond donors (Lipinski definition) is 0. The van der Waals surface area contributed by atoms with Gasteiger partial charge in [-0.1, -0.05) is 49.1 Å². The fourth-order valence-corrected chi connectivity index (χ4v) is 3.31. The molecule has 3 nitrogen and oxygen atoms in total. The summed E-state index contributed by atoms with van der Waals surface area (Å²) in [6.07, 6.45) is 9.75. The van der Waals surface area contributed by atoms with Crippen LogP contribution in [0.4, 0.5) is 0 Å². The van der Waals surface area contributed by atoms with Crippen molar-refractivity contribution in [2.45, 2.75) is 20.8 Å². The molecule has 0 unspecified atom stereocenters. The first-order valence-electron chi connectivity index (χ1n) is 9.99. The van der Waals surface area contributed by atoms with E-state index in [1.54, 1.807) is 6.21 Å². The smallest absolute Gasteiger partial charge is 0.188 e. The number of methoxy groups -OCH3 is 1. The molecule has 2 aromatic rings. The maximum atomic E-state index is 12.3. The van der Waals surface area contributed by atoms with E-state index in [1.807, 2.05) is 49.4 Å². The summed E-state index contributed by atoms with van der Waals surface area (Å²) >= 11 is 2.18. The summed E-state index contributed by atoms with van der Waals surface area (Å²) in [6, 6.07) is 13.8. The van der Waals surface area contributed by atoms with Crippen LogP contribution in [0.1, 0.15) is 39.5 Å². The number of carbonyl (C=O) groups is 1. The van der Waals surface area contributed by atoms with Gasteiger partial charge >= 0.3 is 0 Å². The highest BCUT2D eigenvalue weighted by molar-refractivity contribution is 14.1. The molecule has 31 heavy (non-hydrogen) atoms. The molecular formula is C27H28INO2. The Bertz CT molecular complexity index is 1070. The van der Waals surface area contributed by atoms with Crippen LogP contribution in [0.2, 0.25) is 0 Å². The van der Waals surface area contributed by atoms with E-state index in [2.05, 4.69) is 72.3 Å². The molecule has 0 atom stereocenters. The predicted octanol–water partition coefficient (Wildman–Crippen LogP) is 7.15. The van der Waals surface area contributed by atoms with Gasteiger partial charge in [0.05, 0.1) is 5.70 Å². The number of aryl methyl sites for hydroxylation is 1. The van der Waals surface area contributed by atoms with Crippen LogP contribution in [0.15, 0.2) is 81.5 Å². The summed E-state index contributed by atoms with van der Waals surface area (Å²) in [5, 5.41) is 0. The van der Waals surface area contributed by atoms with Gasteiger partial charge in [0.25, 0.3) is 0 Å². The number of aliphatic imine (C=N–C) groups is 1. The molecule has 0 heterocycles. The second kappa shape index (κ2) is 12.3. The van der Waals surface area contributed by atoms with Crippen LogP contribution in [0.5, 0.6) is 0 Å². The first-order chi connectivity index (χ1) is 14.9. The average molecular weight is 525 g/mol. The summed E-state index contributed by atoms with van der Waals surface area (Å²) in [5.74, 6) is -0.0446. The number of ketones is 1. The molecule has 0 amide bonds. The van der Waals surface area contributed by atoms with Crippen LogP contribution in [0, 0.1) is 13.8 Å². The molecule has 2 rings (SSSR count). The largest absolute Gasteiger partial charge is 0.377 e. The Labute approximate surface area is 199 Å². The number of carbonyl (C=O) groups excluding carboxylic acids is 1. The van der Waals surface area contributed by atoms with Gasteiger partial charge in [-0.15, -0.1) is 0 Å². The number of Topliss-reactive ketones (excluding diaryl/α,β-unsaturated/α-hetero) is 1. The van der Waals surface area contributed by atoms with Crippen molar-refractivity contribution in [3.8, 4) is 0 Å². The van der Waals surface area contributed by atoms with E-state index in [9.17, 15) is 4.79 Å². The molecule has 0 aromatic heterocycles. The molecule has 0 aliphatic rings. The van der Waals surface area contributed by atoms with Crippen molar-refractivity contribution in [3.05, 3.63) is 104 Å². The van der Waals surface area contributed by atoms with Crippen LogP contribution in [0.25, 0.3) is 11.6 Å². The molecule has 0 N–H and O–H groups in total. The first kappa shape index (κ1) is 24.7. The normalized spacial score (nSPS) is 12.7. The lowest BCUT2D eigenvalue weighted by Crippen LogP contribution is -2.06. The van der Waals surface area contributed by atoms with Gasteiger partial charge in [0.1, 0.15) is 6.61 Å². The van der Waals surface area contributed by atoms with Crippen LogP contribution in [-0.2, 0) is 4.74 Å². The van der Waals surface area contributed by atoms with Crippen LogP contribution < -0.4 is 0 Å². The van der Waals surface area contributed by atoms with E-state index < -0.39 is 0 Å². The van der Waals surface area contributed by atoms with E-state index in [1.165, 1.54) is 18.2 Å². The molecule has 0 saturated heterocycles. The lowest BCUT2D eigenvalue weighted by molar-refractivity contribution is 0.0848.